The van der Waals surface area contributed by atoms with Gasteiger partial charge in [-0.05, 0) is 53.4 Å². The van der Waals surface area contributed by atoms with Crippen molar-refractivity contribution in [2.75, 3.05) is 6.61 Å². The van der Waals surface area contributed by atoms with Crippen LogP contribution in [0.5, 0.6) is 0 Å². The zero-order valence-electron chi connectivity index (χ0n) is 12.0. The Hall–Kier alpha value is -0.380. The molecule has 1 N–H and O–H groups in total. The van der Waals surface area contributed by atoms with Crippen molar-refractivity contribution in [2.45, 2.75) is 76.8 Å². The van der Waals surface area contributed by atoms with Crippen LogP contribution < -0.4 is 0 Å². The van der Waals surface area contributed by atoms with Gasteiger partial charge >= 0.3 is 0 Å². The van der Waals surface area contributed by atoms with Gasteiger partial charge in [0.15, 0.2) is 0 Å². The number of aliphatic hydroxyl groups excluding tert-OH is 1. The first kappa shape index (κ1) is 14.0. The van der Waals surface area contributed by atoms with Crippen molar-refractivity contribution in [3.63, 3.8) is 0 Å². The topological polar surface area (TPSA) is 45.3 Å². The second-order valence-electron chi connectivity index (χ2n) is 6.38. The number of allylic oxidation sites excluding steroid dienone is 2. The van der Waals surface area contributed by atoms with E-state index in [2.05, 4.69) is 33.8 Å². The molecule has 18 heavy (non-hydrogen) atoms. The minimum absolute atomic E-state index is 0.0492. The van der Waals surface area contributed by atoms with Crippen LogP contribution in [0.4, 0.5) is 0 Å². The molecule has 0 aromatic heterocycles. The first-order valence-corrected chi connectivity index (χ1v) is 6.99. The number of epoxide rings is 2. The van der Waals surface area contributed by atoms with E-state index in [-0.39, 0.29) is 23.9 Å². The van der Waals surface area contributed by atoms with Crippen LogP contribution >= 0.6 is 0 Å². The van der Waals surface area contributed by atoms with Crippen LogP contribution in [-0.2, 0) is 9.47 Å². The molecule has 2 rings (SSSR count). The summed E-state index contributed by atoms with van der Waals surface area (Å²) in [6.07, 6.45) is 6.93. The number of hydrogen-bond acceptors (Lipinski definition) is 3. The Balaban J connectivity index is 1.66. The van der Waals surface area contributed by atoms with Gasteiger partial charge in [0.1, 0.15) is 6.10 Å². The molecule has 0 spiro atoms. The molecule has 2 fully saturated rings. The van der Waals surface area contributed by atoms with Crippen molar-refractivity contribution >= 4 is 0 Å². The molecule has 0 bridgehead atoms. The lowest BCUT2D eigenvalue weighted by Crippen LogP contribution is -2.16. The summed E-state index contributed by atoms with van der Waals surface area (Å²) in [6, 6.07) is 0. The molecule has 0 aromatic carbocycles. The van der Waals surface area contributed by atoms with Crippen molar-refractivity contribution in [3.8, 4) is 0 Å². The predicted octanol–water partition coefficient (Wildman–Crippen LogP) is 2.82. The Kier molecular flexibility index (Phi) is 3.86. The third kappa shape index (κ3) is 3.14. The first-order chi connectivity index (χ1) is 8.39. The van der Waals surface area contributed by atoms with Gasteiger partial charge < -0.3 is 14.6 Å². The van der Waals surface area contributed by atoms with Crippen LogP contribution in [0.2, 0.25) is 0 Å². The fraction of sp³-hybridized carbons (Fsp3) is 0.867. The van der Waals surface area contributed by atoms with E-state index >= 15 is 0 Å². The highest BCUT2D eigenvalue weighted by molar-refractivity contribution is 5.05. The third-order valence-electron chi connectivity index (χ3n) is 4.33. The van der Waals surface area contributed by atoms with Crippen molar-refractivity contribution in [1.29, 1.82) is 0 Å². The molecular formula is C15H26O3. The van der Waals surface area contributed by atoms with Crippen LogP contribution in [0.25, 0.3) is 0 Å². The van der Waals surface area contributed by atoms with E-state index in [1.54, 1.807) is 0 Å². The highest BCUT2D eigenvalue weighted by Crippen LogP contribution is 2.47. The SMILES string of the molecule is CC(C)=CCC[C@@]1(C)O[C@@H]1CC[C@]1(C)O[C@H]1CO. The largest absolute Gasteiger partial charge is 0.394 e. The second kappa shape index (κ2) is 4.95. The highest BCUT2D eigenvalue weighted by atomic mass is 16.6. The van der Waals surface area contributed by atoms with Crippen LogP contribution in [0, 0.1) is 0 Å². The van der Waals surface area contributed by atoms with Crippen LogP contribution in [-0.4, -0.2) is 35.1 Å². The standard InChI is InChI=1S/C15H26O3/c1-11(2)6-5-8-14(3)12(17-14)7-9-15(4)13(10-16)18-15/h6,12-13,16H,5,7-10H2,1-4H3/t12-,13+,14-,15+/m1/s1. The van der Waals surface area contributed by atoms with Crippen LogP contribution in [0.15, 0.2) is 11.6 Å². The summed E-state index contributed by atoms with van der Waals surface area (Å²) < 4.78 is 11.3. The van der Waals surface area contributed by atoms with E-state index in [9.17, 15) is 0 Å². The normalized spacial score (nSPS) is 41.6. The average Bonchev–Trinajstić information content (AvgIpc) is 3.13. The molecule has 0 saturated carbocycles. The molecule has 2 aliphatic rings. The van der Waals surface area contributed by atoms with Gasteiger partial charge in [-0.1, -0.05) is 11.6 Å². The van der Waals surface area contributed by atoms with E-state index in [1.807, 2.05) is 0 Å². The number of aliphatic hydroxyl groups is 1. The molecule has 2 heterocycles. The molecule has 0 radical (unpaired) electrons. The van der Waals surface area contributed by atoms with Gasteiger partial charge in [-0.15, -0.1) is 0 Å². The smallest absolute Gasteiger partial charge is 0.110 e. The van der Waals surface area contributed by atoms with Gasteiger partial charge in [0, 0.05) is 0 Å². The zero-order valence-corrected chi connectivity index (χ0v) is 12.0. The Morgan fingerprint density at radius 1 is 1.11 bits per heavy atom. The van der Waals surface area contributed by atoms with Gasteiger partial charge in [0.25, 0.3) is 0 Å². The van der Waals surface area contributed by atoms with E-state index in [1.165, 1.54) is 5.57 Å². The maximum absolute atomic E-state index is 9.03. The Morgan fingerprint density at radius 2 is 1.72 bits per heavy atom. The number of rotatable bonds is 7. The molecule has 2 aliphatic heterocycles. The maximum atomic E-state index is 9.03. The molecule has 3 nitrogen and oxygen atoms in total. The molecule has 0 amide bonds. The molecule has 2 saturated heterocycles. The summed E-state index contributed by atoms with van der Waals surface area (Å²) >= 11 is 0. The quantitative estimate of drug-likeness (QED) is 0.561. The minimum atomic E-state index is -0.0957. The Morgan fingerprint density at radius 3 is 2.28 bits per heavy atom. The molecule has 3 heteroatoms. The lowest BCUT2D eigenvalue weighted by Gasteiger charge is -2.06. The number of hydrogen-bond donors (Lipinski definition) is 1. The van der Waals surface area contributed by atoms with Gasteiger partial charge in [0.2, 0.25) is 0 Å². The zero-order chi connectivity index (χ0) is 13.4. The van der Waals surface area contributed by atoms with Crippen LogP contribution in [0.3, 0.4) is 0 Å². The summed E-state index contributed by atoms with van der Waals surface area (Å²) in [4.78, 5) is 0. The summed E-state index contributed by atoms with van der Waals surface area (Å²) in [5.41, 5.74) is 1.36. The fourth-order valence-corrected chi connectivity index (χ4v) is 2.68. The van der Waals surface area contributed by atoms with E-state index in [4.69, 9.17) is 14.6 Å². The fourth-order valence-electron chi connectivity index (χ4n) is 2.68. The molecule has 0 unspecified atom stereocenters. The molecule has 0 aliphatic carbocycles. The minimum Gasteiger partial charge on any atom is -0.394 e. The van der Waals surface area contributed by atoms with Crippen molar-refractivity contribution in [3.05, 3.63) is 11.6 Å². The van der Waals surface area contributed by atoms with Crippen molar-refractivity contribution < 1.29 is 14.6 Å². The van der Waals surface area contributed by atoms with Crippen LogP contribution in [0.1, 0.15) is 53.4 Å². The molecule has 104 valence electrons. The summed E-state index contributed by atoms with van der Waals surface area (Å²) in [5, 5.41) is 9.03. The summed E-state index contributed by atoms with van der Waals surface area (Å²) in [6.45, 7) is 8.69. The lowest BCUT2D eigenvalue weighted by atomic mass is 9.94. The van der Waals surface area contributed by atoms with E-state index < -0.39 is 0 Å². The van der Waals surface area contributed by atoms with Gasteiger partial charge in [-0.25, -0.2) is 0 Å². The van der Waals surface area contributed by atoms with Crippen molar-refractivity contribution in [2.24, 2.45) is 0 Å². The third-order valence-corrected chi connectivity index (χ3v) is 4.33. The molecular weight excluding hydrogens is 228 g/mol. The summed E-state index contributed by atoms with van der Waals surface area (Å²) in [7, 11) is 0. The van der Waals surface area contributed by atoms with E-state index in [0.717, 1.165) is 25.7 Å². The van der Waals surface area contributed by atoms with Crippen molar-refractivity contribution in [1.82, 2.24) is 0 Å². The first-order valence-electron chi connectivity index (χ1n) is 6.99. The number of ether oxygens (including phenoxy) is 2. The summed E-state index contributed by atoms with van der Waals surface area (Å²) in [5.74, 6) is 0. The lowest BCUT2D eigenvalue weighted by molar-refractivity contribution is 0.233. The van der Waals surface area contributed by atoms with E-state index in [0.29, 0.717) is 6.10 Å². The van der Waals surface area contributed by atoms with Gasteiger partial charge in [-0.3, -0.25) is 0 Å². The highest BCUT2D eigenvalue weighted by Gasteiger charge is 2.56. The Labute approximate surface area is 110 Å². The second-order valence-corrected chi connectivity index (χ2v) is 6.38. The Bertz CT molecular complexity index is 335. The molecule has 4 atom stereocenters. The van der Waals surface area contributed by atoms with Gasteiger partial charge in [-0.2, -0.15) is 0 Å². The monoisotopic (exact) mass is 254 g/mol. The predicted molar refractivity (Wildman–Crippen MR) is 71.5 cm³/mol. The van der Waals surface area contributed by atoms with Gasteiger partial charge in [0.05, 0.1) is 23.9 Å². The average molecular weight is 254 g/mol. The molecule has 0 aromatic rings. The maximum Gasteiger partial charge on any atom is 0.110 e.